The molecule has 0 aromatic rings. The molecule has 0 radical (unpaired) electrons. The minimum atomic E-state index is -1.04. The van der Waals surface area contributed by atoms with Crippen LogP contribution < -0.4 is 5.32 Å². The number of carbonyl (C=O) groups excluding carboxylic acids is 2. The summed E-state index contributed by atoms with van der Waals surface area (Å²) in [6, 6.07) is -0.908. The number of β-amino-alcohol motifs (C(OH)–C–C–N with tert-alkyl or cyclic N) is 1. The number of nitrogens with one attached hydrogen (secondary N) is 1. The molecule has 0 aromatic heterocycles. The molecule has 1 aliphatic heterocycles. The third-order valence-corrected chi connectivity index (χ3v) is 1.77. The topological polar surface area (TPSA) is 69.6 Å². The van der Waals surface area contributed by atoms with E-state index in [4.69, 9.17) is 0 Å². The summed E-state index contributed by atoms with van der Waals surface area (Å²) in [5.41, 5.74) is -1.04. The van der Waals surface area contributed by atoms with Crippen molar-refractivity contribution in [3.8, 4) is 0 Å². The predicted octanol–water partition coefficient (Wildman–Crippen LogP) is -0.302. The number of hydrogen-bond acceptors (Lipinski definition) is 3. The monoisotopic (exact) mass is 186 g/mol. The Morgan fingerprint density at radius 2 is 2.08 bits per heavy atom. The lowest BCUT2D eigenvalue weighted by Crippen LogP contribution is -2.42. The number of hydrogen-bond donors (Lipinski definition) is 2. The summed E-state index contributed by atoms with van der Waals surface area (Å²) in [4.78, 5) is 23.5. The smallest absolute Gasteiger partial charge is 0.324 e. The van der Waals surface area contributed by atoms with Crippen LogP contribution in [0.5, 0.6) is 0 Å². The van der Waals surface area contributed by atoms with Crippen LogP contribution in [0.15, 0.2) is 0 Å². The Morgan fingerprint density at radius 1 is 1.54 bits per heavy atom. The standard InChI is InChI=1S/C8H14N2O3/c1-5-6(11)10(7(12)9-5)4-8(2,3)13/h5,13H,4H2,1-3H3,(H,9,12). The van der Waals surface area contributed by atoms with E-state index >= 15 is 0 Å². The fraction of sp³-hybridized carbons (Fsp3) is 0.750. The molecule has 0 aliphatic carbocycles. The van der Waals surface area contributed by atoms with Gasteiger partial charge < -0.3 is 10.4 Å². The summed E-state index contributed by atoms with van der Waals surface area (Å²) < 4.78 is 0. The van der Waals surface area contributed by atoms with Gasteiger partial charge in [0.2, 0.25) is 0 Å². The van der Waals surface area contributed by atoms with Gasteiger partial charge in [-0.25, -0.2) is 4.79 Å². The average molecular weight is 186 g/mol. The van der Waals surface area contributed by atoms with Gasteiger partial charge in [-0.05, 0) is 20.8 Å². The normalized spacial score (nSPS) is 23.7. The highest BCUT2D eigenvalue weighted by Gasteiger charge is 2.37. The van der Waals surface area contributed by atoms with Crippen LogP contribution in [0, 0.1) is 0 Å². The number of carbonyl (C=O) groups is 2. The van der Waals surface area contributed by atoms with E-state index in [1.807, 2.05) is 0 Å². The van der Waals surface area contributed by atoms with Crippen molar-refractivity contribution in [3.63, 3.8) is 0 Å². The number of rotatable bonds is 2. The Kier molecular flexibility index (Phi) is 2.30. The number of nitrogens with zero attached hydrogens (tertiary/aromatic N) is 1. The molecular formula is C8H14N2O3. The van der Waals surface area contributed by atoms with Gasteiger partial charge in [0.05, 0.1) is 12.1 Å². The zero-order valence-electron chi connectivity index (χ0n) is 8.00. The van der Waals surface area contributed by atoms with E-state index in [0.717, 1.165) is 4.90 Å². The highest BCUT2D eigenvalue weighted by Crippen LogP contribution is 2.11. The Bertz CT molecular complexity index is 244. The van der Waals surface area contributed by atoms with Gasteiger partial charge in [-0.2, -0.15) is 0 Å². The summed E-state index contributed by atoms with van der Waals surface area (Å²) in [6.07, 6.45) is 0. The summed E-state index contributed by atoms with van der Waals surface area (Å²) in [5, 5.41) is 11.9. The molecule has 1 rings (SSSR count). The SMILES string of the molecule is CC1NC(=O)N(CC(C)(C)O)C1=O. The van der Waals surface area contributed by atoms with Crippen LogP contribution in [0.2, 0.25) is 0 Å². The fourth-order valence-electron chi connectivity index (χ4n) is 1.20. The predicted molar refractivity (Wildman–Crippen MR) is 46.0 cm³/mol. The van der Waals surface area contributed by atoms with Crippen LogP contribution in [0.25, 0.3) is 0 Å². The first-order chi connectivity index (χ1) is 5.81. The number of aliphatic hydroxyl groups is 1. The summed E-state index contributed by atoms with van der Waals surface area (Å²) in [6.45, 7) is 4.75. The van der Waals surface area contributed by atoms with Gasteiger partial charge in [0.25, 0.3) is 5.91 Å². The zero-order chi connectivity index (χ0) is 10.2. The highest BCUT2D eigenvalue weighted by atomic mass is 16.3. The minimum absolute atomic E-state index is 0.0298. The molecule has 1 unspecified atom stereocenters. The molecular weight excluding hydrogens is 172 g/mol. The summed E-state index contributed by atoms with van der Waals surface area (Å²) in [5.74, 6) is -0.285. The Balaban J connectivity index is 2.70. The molecule has 2 N–H and O–H groups in total. The van der Waals surface area contributed by atoms with Crippen molar-refractivity contribution in [2.24, 2.45) is 0 Å². The maximum absolute atomic E-state index is 11.3. The largest absolute Gasteiger partial charge is 0.389 e. The molecule has 0 spiro atoms. The average Bonchev–Trinajstić information content (AvgIpc) is 2.14. The van der Waals surface area contributed by atoms with Crippen LogP contribution in [-0.4, -0.2) is 40.1 Å². The first-order valence-electron chi connectivity index (χ1n) is 4.15. The van der Waals surface area contributed by atoms with E-state index in [-0.39, 0.29) is 12.5 Å². The van der Waals surface area contributed by atoms with Crippen LogP contribution in [-0.2, 0) is 4.79 Å². The molecule has 0 saturated carbocycles. The molecule has 3 amide bonds. The van der Waals surface area contributed by atoms with Gasteiger partial charge in [0.15, 0.2) is 0 Å². The molecule has 1 saturated heterocycles. The quantitative estimate of drug-likeness (QED) is 0.581. The summed E-state index contributed by atoms with van der Waals surface area (Å²) >= 11 is 0. The molecule has 5 heteroatoms. The van der Waals surface area contributed by atoms with Crippen molar-refractivity contribution in [2.75, 3.05) is 6.54 Å². The van der Waals surface area contributed by atoms with Crippen molar-refractivity contribution in [1.82, 2.24) is 10.2 Å². The van der Waals surface area contributed by atoms with Crippen LogP contribution >= 0.6 is 0 Å². The maximum Gasteiger partial charge on any atom is 0.324 e. The van der Waals surface area contributed by atoms with Crippen molar-refractivity contribution >= 4 is 11.9 Å². The van der Waals surface area contributed by atoms with E-state index in [9.17, 15) is 14.7 Å². The first kappa shape index (κ1) is 9.98. The van der Waals surface area contributed by atoms with E-state index in [1.165, 1.54) is 0 Å². The molecule has 1 heterocycles. The van der Waals surface area contributed by atoms with E-state index in [2.05, 4.69) is 5.32 Å². The first-order valence-corrected chi connectivity index (χ1v) is 4.15. The van der Waals surface area contributed by atoms with E-state index in [0.29, 0.717) is 0 Å². The molecule has 5 nitrogen and oxygen atoms in total. The van der Waals surface area contributed by atoms with Gasteiger partial charge in [0, 0.05) is 0 Å². The van der Waals surface area contributed by atoms with Crippen LogP contribution in [0.4, 0.5) is 4.79 Å². The lowest BCUT2D eigenvalue weighted by Gasteiger charge is -2.22. The van der Waals surface area contributed by atoms with Crippen molar-refractivity contribution < 1.29 is 14.7 Å². The lowest BCUT2D eigenvalue weighted by molar-refractivity contribution is -0.129. The van der Waals surface area contributed by atoms with Gasteiger partial charge in [-0.3, -0.25) is 9.69 Å². The maximum atomic E-state index is 11.3. The number of amides is 3. The van der Waals surface area contributed by atoms with E-state index in [1.54, 1.807) is 20.8 Å². The highest BCUT2D eigenvalue weighted by molar-refractivity contribution is 6.03. The van der Waals surface area contributed by atoms with Gasteiger partial charge >= 0.3 is 6.03 Å². The number of imide groups is 1. The van der Waals surface area contributed by atoms with Gasteiger partial charge in [-0.1, -0.05) is 0 Å². The molecule has 1 fully saturated rings. The summed E-state index contributed by atoms with van der Waals surface area (Å²) in [7, 11) is 0. The molecule has 13 heavy (non-hydrogen) atoms. The lowest BCUT2D eigenvalue weighted by atomic mass is 10.1. The van der Waals surface area contributed by atoms with Crippen LogP contribution in [0.3, 0.4) is 0 Å². The number of urea groups is 1. The van der Waals surface area contributed by atoms with Crippen LogP contribution in [0.1, 0.15) is 20.8 Å². The molecule has 1 aliphatic rings. The van der Waals surface area contributed by atoms with Crippen molar-refractivity contribution in [3.05, 3.63) is 0 Å². The molecule has 0 bridgehead atoms. The molecule has 0 aromatic carbocycles. The van der Waals surface area contributed by atoms with Gasteiger partial charge in [-0.15, -0.1) is 0 Å². The Morgan fingerprint density at radius 3 is 2.38 bits per heavy atom. The second-order valence-corrected chi connectivity index (χ2v) is 3.91. The minimum Gasteiger partial charge on any atom is -0.389 e. The Hall–Kier alpha value is -1.10. The Labute approximate surface area is 76.7 Å². The fourth-order valence-corrected chi connectivity index (χ4v) is 1.20. The van der Waals surface area contributed by atoms with Gasteiger partial charge in [0.1, 0.15) is 6.04 Å². The molecule has 74 valence electrons. The second kappa shape index (κ2) is 2.99. The second-order valence-electron chi connectivity index (χ2n) is 3.91. The molecule has 1 atom stereocenters. The zero-order valence-corrected chi connectivity index (χ0v) is 8.00. The third kappa shape index (κ3) is 2.18. The van der Waals surface area contributed by atoms with Crippen molar-refractivity contribution in [1.29, 1.82) is 0 Å². The van der Waals surface area contributed by atoms with E-state index < -0.39 is 17.7 Å². The third-order valence-electron chi connectivity index (χ3n) is 1.77. The van der Waals surface area contributed by atoms with Crippen molar-refractivity contribution in [2.45, 2.75) is 32.4 Å².